The maximum Gasteiger partial charge on any atom is 1.00 e. The molecule has 0 radical (unpaired) electrons. The van der Waals surface area contributed by atoms with Crippen molar-refractivity contribution in [1.29, 1.82) is 0 Å². The molecule has 19 heavy (non-hydrogen) atoms. The van der Waals surface area contributed by atoms with E-state index >= 15 is 0 Å². The first-order chi connectivity index (χ1) is 8.50. The summed E-state index contributed by atoms with van der Waals surface area (Å²) in [5, 5.41) is 10.6. The minimum absolute atomic E-state index is 0. The van der Waals surface area contributed by atoms with E-state index in [1.54, 1.807) is 6.92 Å². The Morgan fingerprint density at radius 1 is 1.16 bits per heavy atom. The molecule has 0 aliphatic carbocycles. The average molecular weight is 288 g/mol. The Hall–Kier alpha value is -0.204. The van der Waals surface area contributed by atoms with Gasteiger partial charge in [-0.05, 0) is 17.9 Å². The maximum atomic E-state index is 11.6. The van der Waals surface area contributed by atoms with Gasteiger partial charge >= 0.3 is 57.4 Å². The number of rotatable bonds is 6. The Morgan fingerprint density at radius 2 is 1.74 bits per heavy atom. The second-order valence-electron chi connectivity index (χ2n) is 4.45. The van der Waals surface area contributed by atoms with Gasteiger partial charge in [-0.25, -0.2) is 0 Å². The van der Waals surface area contributed by atoms with E-state index in [4.69, 9.17) is 4.74 Å². The fourth-order valence-electron chi connectivity index (χ4n) is 1.59. The van der Waals surface area contributed by atoms with Gasteiger partial charge in [-0.2, -0.15) is 0 Å². The molecule has 2 atom stereocenters. The van der Waals surface area contributed by atoms with E-state index in [1.807, 2.05) is 30.3 Å². The van der Waals surface area contributed by atoms with Gasteiger partial charge in [-0.1, -0.05) is 44.2 Å². The molecule has 0 aliphatic heterocycles. The van der Waals surface area contributed by atoms with Gasteiger partial charge in [0.2, 0.25) is 0 Å². The zero-order chi connectivity index (χ0) is 13.5. The smallest absolute Gasteiger partial charge is 0.550 e. The van der Waals surface area contributed by atoms with E-state index in [0.717, 1.165) is 5.56 Å². The number of hydrogen-bond donors (Lipinski definition) is 0. The van der Waals surface area contributed by atoms with Crippen LogP contribution in [0.5, 0.6) is 0 Å². The Bertz CT molecular complexity index is 405. The molecule has 0 amide bonds. The molecule has 0 N–H and O–H groups in total. The number of carbonyl (C=O) groups excluding carboxylic acids is 2. The number of esters is 1. The molecule has 0 heterocycles. The van der Waals surface area contributed by atoms with E-state index < -0.39 is 17.8 Å². The standard InChI is InChI=1S/C14H18O4.K/c1-10(13(15)16)8-11(2)14(17)18-9-12-6-4-3-5-7-12;/h3-7,10-11H,8-9H2,1-2H3,(H,15,16);/q;+1/p-1. The summed E-state index contributed by atoms with van der Waals surface area (Å²) in [5.74, 6) is -2.62. The average Bonchev–Trinajstić information content (AvgIpc) is 2.36. The Labute approximate surface area is 156 Å². The zero-order valence-corrected chi connectivity index (χ0v) is 14.7. The second kappa shape index (κ2) is 9.66. The molecule has 0 saturated heterocycles. The van der Waals surface area contributed by atoms with Crippen LogP contribution in [0.15, 0.2) is 30.3 Å². The monoisotopic (exact) mass is 288 g/mol. The summed E-state index contributed by atoms with van der Waals surface area (Å²) < 4.78 is 5.12. The van der Waals surface area contributed by atoms with Crippen molar-refractivity contribution in [3.63, 3.8) is 0 Å². The number of ether oxygens (including phenoxy) is 1. The normalized spacial score (nSPS) is 12.9. The zero-order valence-electron chi connectivity index (χ0n) is 11.6. The van der Waals surface area contributed by atoms with Gasteiger partial charge in [0.15, 0.2) is 0 Å². The minimum Gasteiger partial charge on any atom is -0.550 e. The molecule has 2 unspecified atom stereocenters. The Morgan fingerprint density at radius 3 is 2.26 bits per heavy atom. The summed E-state index contributed by atoms with van der Waals surface area (Å²) in [7, 11) is 0. The number of carbonyl (C=O) groups is 2. The van der Waals surface area contributed by atoms with E-state index in [2.05, 4.69) is 0 Å². The van der Waals surface area contributed by atoms with E-state index in [-0.39, 0.29) is 70.4 Å². The topological polar surface area (TPSA) is 66.4 Å². The van der Waals surface area contributed by atoms with Crippen molar-refractivity contribution in [2.45, 2.75) is 26.9 Å². The van der Waals surface area contributed by atoms with Gasteiger partial charge in [0.05, 0.1) is 5.92 Å². The molecule has 0 aliphatic rings. The summed E-state index contributed by atoms with van der Waals surface area (Å²) in [6, 6.07) is 9.34. The van der Waals surface area contributed by atoms with Crippen LogP contribution in [0.3, 0.4) is 0 Å². The SMILES string of the molecule is CC(CC(C)C(=O)OCc1ccccc1)C(=O)[O-].[K+]. The van der Waals surface area contributed by atoms with Gasteiger partial charge in [-0.15, -0.1) is 0 Å². The van der Waals surface area contributed by atoms with Crippen molar-refractivity contribution in [3.8, 4) is 0 Å². The van der Waals surface area contributed by atoms with Crippen LogP contribution in [0.4, 0.5) is 0 Å². The second-order valence-corrected chi connectivity index (χ2v) is 4.45. The molecule has 1 aromatic carbocycles. The van der Waals surface area contributed by atoms with Crippen molar-refractivity contribution < 1.29 is 70.8 Å². The van der Waals surface area contributed by atoms with Crippen LogP contribution >= 0.6 is 0 Å². The number of hydrogen-bond acceptors (Lipinski definition) is 4. The maximum absolute atomic E-state index is 11.6. The molecule has 4 nitrogen and oxygen atoms in total. The van der Waals surface area contributed by atoms with E-state index in [0.29, 0.717) is 0 Å². The van der Waals surface area contributed by atoms with Crippen LogP contribution in [0.2, 0.25) is 0 Å². The molecule has 0 bridgehead atoms. The Balaban J connectivity index is 0.00000324. The minimum atomic E-state index is -1.14. The molecule has 0 aromatic heterocycles. The molecule has 0 fully saturated rings. The van der Waals surface area contributed by atoms with Crippen molar-refractivity contribution in [2.24, 2.45) is 11.8 Å². The summed E-state index contributed by atoms with van der Waals surface area (Å²) in [6.07, 6.45) is 0.232. The summed E-state index contributed by atoms with van der Waals surface area (Å²) in [5.41, 5.74) is 0.908. The van der Waals surface area contributed by atoms with Gasteiger partial charge in [-0.3, -0.25) is 4.79 Å². The molecule has 5 heteroatoms. The third-order valence-corrected chi connectivity index (χ3v) is 2.74. The van der Waals surface area contributed by atoms with Crippen molar-refractivity contribution in [3.05, 3.63) is 35.9 Å². The molecule has 1 rings (SSSR count). The fourth-order valence-corrected chi connectivity index (χ4v) is 1.59. The quantitative estimate of drug-likeness (QED) is 0.455. The number of carboxylic acids is 1. The van der Waals surface area contributed by atoms with Crippen molar-refractivity contribution >= 4 is 11.9 Å². The molecule has 98 valence electrons. The molecule has 0 spiro atoms. The molecule has 0 saturated carbocycles. The van der Waals surface area contributed by atoms with Crippen LogP contribution in [-0.2, 0) is 20.9 Å². The molecule has 1 aromatic rings. The predicted molar refractivity (Wildman–Crippen MR) is 64.2 cm³/mol. The van der Waals surface area contributed by atoms with E-state index in [9.17, 15) is 14.7 Å². The fraction of sp³-hybridized carbons (Fsp3) is 0.429. The van der Waals surface area contributed by atoms with Crippen LogP contribution in [0.1, 0.15) is 25.8 Å². The van der Waals surface area contributed by atoms with Crippen LogP contribution in [0, 0.1) is 11.8 Å². The predicted octanol–water partition coefficient (Wildman–Crippen LogP) is -1.85. The number of carboxylic acid groups (broad SMARTS) is 1. The largest absolute Gasteiger partial charge is 1.00 e. The van der Waals surface area contributed by atoms with Crippen LogP contribution in [-0.4, -0.2) is 11.9 Å². The van der Waals surface area contributed by atoms with Gasteiger partial charge < -0.3 is 14.6 Å². The van der Waals surface area contributed by atoms with Gasteiger partial charge in [0.1, 0.15) is 6.61 Å². The van der Waals surface area contributed by atoms with Gasteiger partial charge in [0, 0.05) is 5.97 Å². The van der Waals surface area contributed by atoms with E-state index in [1.165, 1.54) is 6.92 Å². The molecular formula is C14H17KO4. The van der Waals surface area contributed by atoms with Crippen LogP contribution < -0.4 is 56.5 Å². The van der Waals surface area contributed by atoms with Gasteiger partial charge in [0.25, 0.3) is 0 Å². The number of aliphatic carboxylic acids is 1. The summed E-state index contributed by atoms with van der Waals surface area (Å²) >= 11 is 0. The first-order valence-electron chi connectivity index (χ1n) is 5.92. The third-order valence-electron chi connectivity index (χ3n) is 2.74. The first kappa shape index (κ1) is 18.8. The summed E-state index contributed by atoms with van der Waals surface area (Å²) in [6.45, 7) is 3.40. The third kappa shape index (κ3) is 7.22. The van der Waals surface area contributed by atoms with Crippen LogP contribution in [0.25, 0.3) is 0 Å². The number of benzene rings is 1. The summed E-state index contributed by atoms with van der Waals surface area (Å²) in [4.78, 5) is 22.2. The molecular weight excluding hydrogens is 271 g/mol. The van der Waals surface area contributed by atoms with Crippen molar-refractivity contribution in [1.82, 2.24) is 0 Å². The first-order valence-corrected chi connectivity index (χ1v) is 5.92. The van der Waals surface area contributed by atoms with Crippen molar-refractivity contribution in [2.75, 3.05) is 0 Å². The Kier molecular flexibility index (Phi) is 9.56.